The fraction of sp³-hybridized carbons (Fsp3) is 0.789. The van der Waals surface area contributed by atoms with Crippen LogP contribution < -0.4 is 5.32 Å². The molecule has 1 atom stereocenters. The van der Waals surface area contributed by atoms with Gasteiger partial charge in [0, 0.05) is 13.0 Å². The molecule has 2 fully saturated rings. The van der Waals surface area contributed by atoms with Crippen LogP contribution in [0.25, 0.3) is 0 Å². The summed E-state index contributed by atoms with van der Waals surface area (Å²) in [6, 6.07) is 3.72. The highest BCUT2D eigenvalue weighted by atomic mass is 16.2. The monoisotopic (exact) mass is 344 g/mol. The zero-order chi connectivity index (χ0) is 18.7. The summed E-state index contributed by atoms with van der Waals surface area (Å²) in [4.78, 5) is 26.4. The third kappa shape index (κ3) is 3.79. The number of rotatable bonds is 6. The van der Waals surface area contributed by atoms with Gasteiger partial charge in [-0.3, -0.25) is 9.69 Å². The molecule has 25 heavy (non-hydrogen) atoms. The van der Waals surface area contributed by atoms with Gasteiger partial charge in [-0.2, -0.15) is 10.5 Å². The van der Waals surface area contributed by atoms with E-state index in [0.29, 0.717) is 25.2 Å². The van der Waals surface area contributed by atoms with Crippen LogP contribution in [0.15, 0.2) is 0 Å². The Bertz CT molecular complexity index is 606. The Labute approximate surface area is 150 Å². The van der Waals surface area contributed by atoms with E-state index in [9.17, 15) is 14.9 Å². The summed E-state index contributed by atoms with van der Waals surface area (Å²) in [7, 11) is 0. The van der Waals surface area contributed by atoms with E-state index in [2.05, 4.69) is 32.2 Å². The molecule has 1 N–H and O–H groups in total. The number of hydrogen-bond donors (Lipinski definition) is 1. The topological polar surface area (TPSA) is 97.0 Å². The van der Waals surface area contributed by atoms with Crippen LogP contribution in [-0.2, 0) is 4.79 Å². The van der Waals surface area contributed by atoms with Gasteiger partial charge < -0.3 is 5.32 Å². The first-order valence-electron chi connectivity index (χ1n) is 9.20. The zero-order valence-corrected chi connectivity index (χ0v) is 15.5. The first kappa shape index (κ1) is 19.2. The van der Waals surface area contributed by atoms with Crippen molar-refractivity contribution in [2.24, 2.45) is 17.3 Å². The molecule has 1 saturated heterocycles. The van der Waals surface area contributed by atoms with Gasteiger partial charge >= 0.3 is 6.03 Å². The number of hydrogen-bond acceptors (Lipinski definition) is 4. The van der Waals surface area contributed by atoms with E-state index in [1.54, 1.807) is 0 Å². The number of urea groups is 1. The second kappa shape index (κ2) is 7.44. The van der Waals surface area contributed by atoms with E-state index in [-0.39, 0.29) is 24.3 Å². The summed E-state index contributed by atoms with van der Waals surface area (Å²) in [5, 5.41) is 20.8. The maximum absolute atomic E-state index is 12.9. The smallest absolute Gasteiger partial charge is 0.323 e. The molecule has 0 aromatic rings. The minimum absolute atomic E-state index is 0.0779. The first-order chi connectivity index (χ1) is 11.8. The average molecular weight is 344 g/mol. The number of amides is 3. The molecule has 1 aliphatic heterocycles. The van der Waals surface area contributed by atoms with Crippen LogP contribution in [0.2, 0.25) is 0 Å². The Hall–Kier alpha value is -2.08. The third-order valence-electron chi connectivity index (χ3n) is 6.29. The molecule has 1 saturated carbocycles. The van der Waals surface area contributed by atoms with Crippen LogP contribution in [0.4, 0.5) is 4.79 Å². The van der Waals surface area contributed by atoms with Crippen molar-refractivity contribution in [3.8, 4) is 12.1 Å². The van der Waals surface area contributed by atoms with Crippen molar-refractivity contribution in [3.63, 3.8) is 0 Å². The van der Waals surface area contributed by atoms with E-state index in [0.717, 1.165) is 19.3 Å². The molecule has 3 amide bonds. The molecule has 1 unspecified atom stereocenters. The molecular weight excluding hydrogens is 316 g/mol. The van der Waals surface area contributed by atoms with Gasteiger partial charge in [-0.05, 0) is 43.4 Å². The van der Waals surface area contributed by atoms with Gasteiger partial charge in [-0.15, -0.1) is 0 Å². The lowest BCUT2D eigenvalue weighted by atomic mass is 9.65. The largest absolute Gasteiger partial charge is 0.325 e. The molecular formula is C19H28N4O2. The quantitative estimate of drug-likeness (QED) is 0.747. The number of imide groups is 1. The molecule has 136 valence electrons. The van der Waals surface area contributed by atoms with Crippen LogP contribution in [0.5, 0.6) is 0 Å². The molecule has 0 radical (unpaired) electrons. The van der Waals surface area contributed by atoms with Crippen molar-refractivity contribution in [1.29, 1.82) is 10.5 Å². The van der Waals surface area contributed by atoms with E-state index in [1.807, 2.05) is 6.07 Å². The van der Waals surface area contributed by atoms with Crippen LogP contribution in [0.3, 0.4) is 0 Å². The Morgan fingerprint density at radius 1 is 1.32 bits per heavy atom. The van der Waals surface area contributed by atoms with E-state index in [1.165, 1.54) is 4.90 Å². The SMILES string of the molecule is CCC(C)(C)C1CCC2(CC1)NC(=O)N(CC(C#N)CCC#N)C2=O. The zero-order valence-electron chi connectivity index (χ0n) is 15.5. The van der Waals surface area contributed by atoms with Crippen molar-refractivity contribution in [3.05, 3.63) is 0 Å². The van der Waals surface area contributed by atoms with E-state index in [4.69, 9.17) is 5.26 Å². The van der Waals surface area contributed by atoms with Gasteiger partial charge in [0.15, 0.2) is 0 Å². The molecule has 1 heterocycles. The van der Waals surface area contributed by atoms with Gasteiger partial charge in [-0.25, -0.2) is 4.79 Å². The van der Waals surface area contributed by atoms with Crippen LogP contribution in [-0.4, -0.2) is 28.9 Å². The summed E-state index contributed by atoms with van der Waals surface area (Å²) in [5.74, 6) is -0.119. The van der Waals surface area contributed by atoms with Crippen LogP contribution in [0.1, 0.15) is 65.7 Å². The lowest BCUT2D eigenvalue weighted by molar-refractivity contribution is -0.133. The second-order valence-corrected chi connectivity index (χ2v) is 8.07. The van der Waals surface area contributed by atoms with E-state index < -0.39 is 17.5 Å². The number of carbonyl (C=O) groups is 2. The summed E-state index contributed by atoms with van der Waals surface area (Å²) in [6.45, 7) is 6.81. The Morgan fingerprint density at radius 2 is 1.96 bits per heavy atom. The van der Waals surface area contributed by atoms with Gasteiger partial charge in [0.1, 0.15) is 5.54 Å². The normalized spacial score (nSPS) is 27.7. The predicted molar refractivity (Wildman–Crippen MR) is 93.0 cm³/mol. The van der Waals surface area contributed by atoms with Crippen molar-refractivity contribution in [1.82, 2.24) is 10.2 Å². The third-order valence-corrected chi connectivity index (χ3v) is 6.29. The van der Waals surface area contributed by atoms with Gasteiger partial charge in [0.05, 0.1) is 18.1 Å². The second-order valence-electron chi connectivity index (χ2n) is 8.07. The molecule has 0 aromatic carbocycles. The number of nitriles is 2. The van der Waals surface area contributed by atoms with Crippen LogP contribution >= 0.6 is 0 Å². The maximum Gasteiger partial charge on any atom is 0.325 e. The Balaban J connectivity index is 2.04. The number of nitrogens with one attached hydrogen (secondary N) is 1. The van der Waals surface area contributed by atoms with Gasteiger partial charge in [0.25, 0.3) is 5.91 Å². The predicted octanol–water partition coefficient (Wildman–Crippen LogP) is 3.35. The molecule has 0 bridgehead atoms. The molecule has 2 aliphatic rings. The summed E-state index contributed by atoms with van der Waals surface area (Å²) >= 11 is 0. The van der Waals surface area contributed by atoms with E-state index >= 15 is 0 Å². The van der Waals surface area contributed by atoms with Crippen molar-refractivity contribution in [2.75, 3.05) is 6.54 Å². The molecule has 2 rings (SSSR count). The fourth-order valence-corrected chi connectivity index (χ4v) is 4.02. The highest BCUT2D eigenvalue weighted by Crippen LogP contribution is 2.45. The fourth-order valence-electron chi connectivity index (χ4n) is 4.02. The maximum atomic E-state index is 12.9. The minimum Gasteiger partial charge on any atom is -0.323 e. The lowest BCUT2D eigenvalue weighted by Gasteiger charge is -2.42. The minimum atomic E-state index is -0.785. The van der Waals surface area contributed by atoms with Crippen LogP contribution in [0, 0.1) is 39.9 Å². The molecule has 6 nitrogen and oxygen atoms in total. The average Bonchev–Trinajstić information content (AvgIpc) is 2.82. The Kier molecular flexibility index (Phi) is 5.72. The Morgan fingerprint density at radius 3 is 2.48 bits per heavy atom. The highest BCUT2D eigenvalue weighted by molar-refractivity contribution is 6.07. The molecule has 1 aliphatic carbocycles. The van der Waals surface area contributed by atoms with Crippen molar-refractivity contribution >= 4 is 11.9 Å². The lowest BCUT2D eigenvalue weighted by Crippen LogP contribution is -2.51. The molecule has 6 heteroatoms. The molecule has 0 aromatic heterocycles. The highest BCUT2D eigenvalue weighted by Gasteiger charge is 2.53. The standard InChI is InChI=1S/C19H28N4O2/c1-4-18(2,3)15-7-9-19(10-8-15)16(24)23(17(25)22-19)13-14(12-21)6-5-11-20/h14-15H,4-10,13H2,1-3H3,(H,22,25). The number of carbonyl (C=O) groups excluding carboxylic acids is 2. The van der Waals surface area contributed by atoms with Gasteiger partial charge in [-0.1, -0.05) is 27.2 Å². The summed E-state index contributed by atoms with van der Waals surface area (Å²) < 4.78 is 0. The number of nitrogens with zero attached hydrogens (tertiary/aromatic N) is 3. The molecule has 1 spiro atoms. The van der Waals surface area contributed by atoms with Crippen molar-refractivity contribution < 1.29 is 9.59 Å². The summed E-state index contributed by atoms with van der Waals surface area (Å²) in [6.07, 6.45) is 4.91. The first-order valence-corrected chi connectivity index (χ1v) is 9.20. The van der Waals surface area contributed by atoms with Gasteiger partial charge in [0.2, 0.25) is 0 Å². The van der Waals surface area contributed by atoms with Crippen molar-refractivity contribution in [2.45, 2.75) is 71.3 Å². The summed E-state index contributed by atoms with van der Waals surface area (Å²) in [5.41, 5.74) is -0.539.